The lowest BCUT2D eigenvalue weighted by molar-refractivity contribution is 0.312. The first-order valence-corrected chi connectivity index (χ1v) is 5.65. The number of aromatic nitrogens is 2. The molecular formula is C11H12BrN3O. The highest BCUT2D eigenvalue weighted by atomic mass is 79.9. The Hall–Kier alpha value is -1.20. The smallest absolute Gasteiger partial charge is 0.246 e. The minimum Gasteiger partial charge on any atom is -0.337 e. The molecule has 1 aromatic heterocycles. The molecule has 0 radical (unpaired) electrons. The summed E-state index contributed by atoms with van der Waals surface area (Å²) in [6.45, 7) is 3.65. The Kier molecular flexibility index (Phi) is 2.82. The fourth-order valence-corrected chi connectivity index (χ4v) is 1.63. The monoisotopic (exact) mass is 281 g/mol. The fraction of sp³-hybridized carbons (Fsp3) is 0.273. The molecule has 0 fully saturated rings. The molecule has 0 saturated carbocycles. The second-order valence-electron chi connectivity index (χ2n) is 4.16. The first kappa shape index (κ1) is 11.3. The summed E-state index contributed by atoms with van der Waals surface area (Å²) in [5, 5.41) is 3.91. The predicted octanol–water partition coefficient (Wildman–Crippen LogP) is 2.69. The normalized spacial score (nSPS) is 11.8. The molecule has 0 atom stereocenters. The summed E-state index contributed by atoms with van der Waals surface area (Å²) in [4.78, 5) is 4.27. The van der Waals surface area contributed by atoms with Gasteiger partial charge in [0.2, 0.25) is 11.7 Å². The zero-order chi connectivity index (χ0) is 11.8. The highest BCUT2D eigenvalue weighted by Gasteiger charge is 2.22. The van der Waals surface area contributed by atoms with Crippen molar-refractivity contribution in [3.8, 4) is 11.4 Å². The average molecular weight is 282 g/mol. The van der Waals surface area contributed by atoms with E-state index in [1.165, 1.54) is 0 Å². The van der Waals surface area contributed by atoms with Gasteiger partial charge in [-0.15, -0.1) is 0 Å². The van der Waals surface area contributed by atoms with Crippen LogP contribution in [0.1, 0.15) is 19.7 Å². The van der Waals surface area contributed by atoms with Gasteiger partial charge in [0, 0.05) is 10.0 Å². The van der Waals surface area contributed by atoms with E-state index in [1.54, 1.807) is 0 Å². The standard InChI is InChI=1S/C11H12BrN3O/c1-11(2,13)10-14-9(15-16-10)7-4-3-5-8(12)6-7/h3-6H,13H2,1-2H3. The number of halogens is 1. The molecule has 0 saturated heterocycles. The van der Waals surface area contributed by atoms with E-state index in [2.05, 4.69) is 26.1 Å². The second-order valence-corrected chi connectivity index (χ2v) is 5.07. The average Bonchev–Trinajstić information content (AvgIpc) is 2.65. The Morgan fingerprint density at radius 3 is 2.69 bits per heavy atom. The SMILES string of the molecule is CC(C)(N)c1nc(-c2cccc(Br)c2)no1. The largest absolute Gasteiger partial charge is 0.337 e. The molecule has 0 aliphatic rings. The lowest BCUT2D eigenvalue weighted by atomic mass is 10.1. The predicted molar refractivity (Wildman–Crippen MR) is 64.6 cm³/mol. The summed E-state index contributed by atoms with van der Waals surface area (Å²) in [6, 6.07) is 7.71. The fourth-order valence-electron chi connectivity index (χ4n) is 1.23. The molecule has 1 heterocycles. The van der Waals surface area contributed by atoms with Crippen molar-refractivity contribution < 1.29 is 4.52 Å². The third kappa shape index (κ3) is 2.31. The van der Waals surface area contributed by atoms with Crippen LogP contribution in [0.3, 0.4) is 0 Å². The van der Waals surface area contributed by atoms with Crippen molar-refractivity contribution in [2.75, 3.05) is 0 Å². The molecule has 2 N–H and O–H groups in total. The van der Waals surface area contributed by atoms with Crippen molar-refractivity contribution in [1.82, 2.24) is 10.1 Å². The summed E-state index contributed by atoms with van der Waals surface area (Å²) in [6.07, 6.45) is 0. The van der Waals surface area contributed by atoms with Gasteiger partial charge in [0.1, 0.15) is 0 Å². The van der Waals surface area contributed by atoms with Crippen molar-refractivity contribution in [2.24, 2.45) is 5.73 Å². The molecule has 0 unspecified atom stereocenters. The first-order chi connectivity index (χ1) is 7.47. The van der Waals surface area contributed by atoms with Gasteiger partial charge in [0.25, 0.3) is 0 Å². The van der Waals surface area contributed by atoms with Crippen LogP contribution in [0.5, 0.6) is 0 Å². The molecule has 84 valence electrons. The maximum atomic E-state index is 5.87. The van der Waals surface area contributed by atoms with Crippen LogP contribution in [0.15, 0.2) is 33.3 Å². The number of nitrogens with two attached hydrogens (primary N) is 1. The van der Waals surface area contributed by atoms with Crippen molar-refractivity contribution in [3.05, 3.63) is 34.6 Å². The molecule has 0 amide bonds. The molecule has 0 spiro atoms. The van der Waals surface area contributed by atoms with Crippen LogP contribution in [-0.2, 0) is 5.54 Å². The molecular weight excluding hydrogens is 270 g/mol. The molecule has 1 aromatic carbocycles. The van der Waals surface area contributed by atoms with E-state index >= 15 is 0 Å². The van der Waals surface area contributed by atoms with Crippen LogP contribution < -0.4 is 5.73 Å². The van der Waals surface area contributed by atoms with E-state index in [1.807, 2.05) is 38.1 Å². The van der Waals surface area contributed by atoms with E-state index in [0.29, 0.717) is 11.7 Å². The van der Waals surface area contributed by atoms with Gasteiger partial charge >= 0.3 is 0 Å². The summed E-state index contributed by atoms with van der Waals surface area (Å²) < 4.78 is 6.10. The summed E-state index contributed by atoms with van der Waals surface area (Å²) >= 11 is 3.39. The lowest BCUT2D eigenvalue weighted by Gasteiger charge is -2.10. The van der Waals surface area contributed by atoms with Gasteiger partial charge in [-0.1, -0.05) is 33.2 Å². The van der Waals surface area contributed by atoms with Crippen LogP contribution in [0.25, 0.3) is 11.4 Å². The molecule has 16 heavy (non-hydrogen) atoms. The Morgan fingerprint density at radius 1 is 1.38 bits per heavy atom. The molecule has 2 aromatic rings. The number of hydrogen-bond acceptors (Lipinski definition) is 4. The topological polar surface area (TPSA) is 64.9 Å². The number of benzene rings is 1. The molecule has 0 aliphatic heterocycles. The molecule has 0 aliphatic carbocycles. The van der Waals surface area contributed by atoms with Crippen LogP contribution in [-0.4, -0.2) is 10.1 Å². The van der Waals surface area contributed by atoms with Crippen molar-refractivity contribution in [1.29, 1.82) is 0 Å². The number of hydrogen-bond donors (Lipinski definition) is 1. The van der Waals surface area contributed by atoms with Crippen LogP contribution in [0.2, 0.25) is 0 Å². The van der Waals surface area contributed by atoms with E-state index in [-0.39, 0.29) is 0 Å². The van der Waals surface area contributed by atoms with Gasteiger partial charge in [-0.3, -0.25) is 0 Å². The second kappa shape index (κ2) is 3.99. The van der Waals surface area contributed by atoms with Gasteiger partial charge in [-0.05, 0) is 26.0 Å². The summed E-state index contributed by atoms with van der Waals surface area (Å²) in [5.41, 5.74) is 6.16. The van der Waals surface area contributed by atoms with Crippen molar-refractivity contribution >= 4 is 15.9 Å². The zero-order valence-electron chi connectivity index (χ0n) is 9.07. The Morgan fingerprint density at radius 2 is 2.12 bits per heavy atom. The first-order valence-electron chi connectivity index (χ1n) is 4.86. The van der Waals surface area contributed by atoms with Gasteiger partial charge in [0.05, 0.1) is 5.54 Å². The Balaban J connectivity index is 2.39. The molecule has 2 rings (SSSR count). The zero-order valence-corrected chi connectivity index (χ0v) is 10.7. The molecule has 0 bridgehead atoms. The lowest BCUT2D eigenvalue weighted by Crippen LogP contribution is -2.28. The minimum atomic E-state index is -0.614. The number of nitrogens with zero attached hydrogens (tertiary/aromatic N) is 2. The van der Waals surface area contributed by atoms with Crippen LogP contribution >= 0.6 is 15.9 Å². The van der Waals surface area contributed by atoms with E-state index in [9.17, 15) is 0 Å². The third-order valence-electron chi connectivity index (χ3n) is 2.06. The van der Waals surface area contributed by atoms with Gasteiger partial charge in [-0.2, -0.15) is 4.98 Å². The Bertz CT molecular complexity index is 502. The Labute approximate surface area is 102 Å². The maximum absolute atomic E-state index is 5.87. The quantitative estimate of drug-likeness (QED) is 0.919. The van der Waals surface area contributed by atoms with Crippen LogP contribution in [0, 0.1) is 0 Å². The van der Waals surface area contributed by atoms with Gasteiger partial charge in [0.15, 0.2) is 0 Å². The van der Waals surface area contributed by atoms with E-state index < -0.39 is 5.54 Å². The summed E-state index contributed by atoms with van der Waals surface area (Å²) in [7, 11) is 0. The van der Waals surface area contributed by atoms with Crippen LogP contribution in [0.4, 0.5) is 0 Å². The highest BCUT2D eigenvalue weighted by molar-refractivity contribution is 9.10. The minimum absolute atomic E-state index is 0.433. The highest BCUT2D eigenvalue weighted by Crippen LogP contribution is 2.22. The van der Waals surface area contributed by atoms with Crippen molar-refractivity contribution in [3.63, 3.8) is 0 Å². The van der Waals surface area contributed by atoms with E-state index in [0.717, 1.165) is 10.0 Å². The number of rotatable bonds is 2. The maximum Gasteiger partial charge on any atom is 0.246 e. The molecule has 5 heteroatoms. The van der Waals surface area contributed by atoms with Gasteiger partial charge in [-0.25, -0.2) is 0 Å². The van der Waals surface area contributed by atoms with Gasteiger partial charge < -0.3 is 10.3 Å². The van der Waals surface area contributed by atoms with Crippen molar-refractivity contribution in [2.45, 2.75) is 19.4 Å². The third-order valence-corrected chi connectivity index (χ3v) is 2.55. The summed E-state index contributed by atoms with van der Waals surface area (Å²) in [5.74, 6) is 0.984. The molecule has 4 nitrogen and oxygen atoms in total. The van der Waals surface area contributed by atoms with E-state index in [4.69, 9.17) is 10.3 Å².